The lowest BCUT2D eigenvalue weighted by molar-refractivity contribution is 0.475. The minimum atomic E-state index is 0.646. The van der Waals surface area contributed by atoms with Crippen molar-refractivity contribution >= 4 is 11.6 Å². The molecule has 0 bridgehead atoms. The second kappa shape index (κ2) is 3.92. The van der Waals surface area contributed by atoms with Gasteiger partial charge >= 0.3 is 0 Å². The van der Waals surface area contributed by atoms with Crippen molar-refractivity contribution in [3.63, 3.8) is 0 Å². The Bertz CT molecular complexity index is 335. The van der Waals surface area contributed by atoms with Gasteiger partial charge in [-0.1, -0.05) is 24.6 Å². The van der Waals surface area contributed by atoms with Crippen molar-refractivity contribution in [1.82, 2.24) is 0 Å². The minimum absolute atomic E-state index is 0.646. The van der Waals surface area contributed by atoms with Crippen LogP contribution in [0.15, 0.2) is 18.2 Å². The smallest absolute Gasteiger partial charge is 0.0408 e. The number of rotatable bonds is 2. The first-order valence-electron chi connectivity index (χ1n) is 5.20. The van der Waals surface area contributed by atoms with Crippen LogP contribution in [0.3, 0.4) is 0 Å². The maximum absolute atomic E-state index is 5.97. The van der Waals surface area contributed by atoms with E-state index in [0.717, 1.165) is 24.4 Å². The maximum Gasteiger partial charge on any atom is 0.0408 e. The Hall–Kier alpha value is -0.530. The highest BCUT2D eigenvalue weighted by Gasteiger charge is 2.28. The van der Waals surface area contributed by atoms with Crippen molar-refractivity contribution in [2.75, 3.05) is 6.54 Å². The molecule has 1 aromatic rings. The fourth-order valence-corrected chi connectivity index (χ4v) is 2.72. The first-order chi connectivity index (χ1) is 6.72. The molecule has 2 atom stereocenters. The van der Waals surface area contributed by atoms with Gasteiger partial charge in [-0.05, 0) is 54.5 Å². The summed E-state index contributed by atoms with van der Waals surface area (Å²) in [5.41, 5.74) is 8.52. The first kappa shape index (κ1) is 10.0. The SMILES string of the molecule is CC1Cc2cc(Cl)ccc2C1CCN. The molecule has 0 saturated carbocycles. The van der Waals surface area contributed by atoms with E-state index >= 15 is 0 Å². The highest BCUT2D eigenvalue weighted by Crippen LogP contribution is 2.40. The van der Waals surface area contributed by atoms with Crippen LogP contribution < -0.4 is 5.73 Å². The van der Waals surface area contributed by atoms with E-state index in [0.29, 0.717) is 11.8 Å². The largest absolute Gasteiger partial charge is 0.330 e. The molecule has 76 valence electrons. The summed E-state index contributed by atoms with van der Waals surface area (Å²) in [6, 6.07) is 6.26. The van der Waals surface area contributed by atoms with Crippen LogP contribution in [0.4, 0.5) is 0 Å². The molecule has 0 saturated heterocycles. The van der Waals surface area contributed by atoms with E-state index in [1.807, 2.05) is 6.07 Å². The number of hydrogen-bond acceptors (Lipinski definition) is 1. The van der Waals surface area contributed by atoms with E-state index in [9.17, 15) is 0 Å². The number of fused-ring (bicyclic) bond motifs is 1. The average Bonchev–Trinajstić information content (AvgIpc) is 2.43. The van der Waals surface area contributed by atoms with Crippen molar-refractivity contribution in [2.24, 2.45) is 11.7 Å². The van der Waals surface area contributed by atoms with Gasteiger partial charge in [-0.3, -0.25) is 0 Å². The van der Waals surface area contributed by atoms with Gasteiger partial charge in [0.15, 0.2) is 0 Å². The first-order valence-corrected chi connectivity index (χ1v) is 5.58. The zero-order chi connectivity index (χ0) is 10.1. The predicted octanol–water partition coefficient (Wildman–Crippen LogP) is 2.96. The quantitative estimate of drug-likeness (QED) is 0.797. The van der Waals surface area contributed by atoms with Gasteiger partial charge < -0.3 is 5.73 Å². The van der Waals surface area contributed by atoms with Gasteiger partial charge in [0.05, 0.1) is 0 Å². The molecule has 0 radical (unpaired) electrons. The van der Waals surface area contributed by atoms with E-state index in [1.54, 1.807) is 0 Å². The molecule has 14 heavy (non-hydrogen) atoms. The monoisotopic (exact) mass is 209 g/mol. The zero-order valence-corrected chi connectivity index (χ0v) is 9.22. The summed E-state index contributed by atoms with van der Waals surface area (Å²) in [6.45, 7) is 3.07. The van der Waals surface area contributed by atoms with Crippen molar-refractivity contribution in [3.05, 3.63) is 34.3 Å². The molecule has 1 aliphatic rings. The van der Waals surface area contributed by atoms with Crippen LogP contribution in [0.2, 0.25) is 5.02 Å². The Balaban J connectivity index is 2.33. The molecule has 0 spiro atoms. The molecule has 2 unspecified atom stereocenters. The minimum Gasteiger partial charge on any atom is -0.330 e. The maximum atomic E-state index is 5.97. The molecule has 0 aliphatic heterocycles. The Kier molecular flexibility index (Phi) is 2.80. The molecule has 2 rings (SSSR count). The molecule has 1 aromatic carbocycles. The van der Waals surface area contributed by atoms with Crippen molar-refractivity contribution in [2.45, 2.75) is 25.7 Å². The van der Waals surface area contributed by atoms with Crippen LogP contribution in [-0.4, -0.2) is 6.54 Å². The van der Waals surface area contributed by atoms with Crippen LogP contribution in [0.1, 0.15) is 30.4 Å². The summed E-state index contributed by atoms with van der Waals surface area (Å²) in [5.74, 6) is 1.36. The summed E-state index contributed by atoms with van der Waals surface area (Å²) in [4.78, 5) is 0. The topological polar surface area (TPSA) is 26.0 Å². The molecule has 2 heteroatoms. The molecule has 0 heterocycles. The van der Waals surface area contributed by atoms with Gasteiger partial charge in [0.1, 0.15) is 0 Å². The highest BCUT2D eigenvalue weighted by atomic mass is 35.5. The van der Waals surface area contributed by atoms with Crippen LogP contribution in [0, 0.1) is 5.92 Å². The van der Waals surface area contributed by atoms with Gasteiger partial charge in [-0.15, -0.1) is 0 Å². The van der Waals surface area contributed by atoms with Gasteiger partial charge in [0.2, 0.25) is 0 Å². The Morgan fingerprint density at radius 3 is 3.00 bits per heavy atom. The summed E-state index contributed by atoms with van der Waals surface area (Å²) >= 11 is 5.97. The molecule has 1 aliphatic carbocycles. The molecule has 1 nitrogen and oxygen atoms in total. The zero-order valence-electron chi connectivity index (χ0n) is 8.46. The Morgan fingerprint density at radius 2 is 2.29 bits per heavy atom. The van der Waals surface area contributed by atoms with E-state index in [-0.39, 0.29) is 0 Å². The normalized spacial score (nSPS) is 25.1. The Labute approximate surface area is 90.3 Å². The molecular weight excluding hydrogens is 194 g/mol. The molecule has 0 aromatic heterocycles. The standard InChI is InChI=1S/C12H16ClN/c1-8-6-9-7-10(13)2-3-12(9)11(8)4-5-14/h2-3,7-8,11H,4-6,14H2,1H3. The number of nitrogens with two attached hydrogens (primary N) is 1. The van der Waals surface area contributed by atoms with Crippen molar-refractivity contribution in [1.29, 1.82) is 0 Å². The van der Waals surface area contributed by atoms with Gasteiger partial charge in [-0.2, -0.15) is 0 Å². The van der Waals surface area contributed by atoms with Crippen molar-refractivity contribution < 1.29 is 0 Å². The van der Waals surface area contributed by atoms with Crippen LogP contribution in [0.25, 0.3) is 0 Å². The highest BCUT2D eigenvalue weighted by molar-refractivity contribution is 6.30. The van der Waals surface area contributed by atoms with Crippen molar-refractivity contribution in [3.8, 4) is 0 Å². The number of hydrogen-bond donors (Lipinski definition) is 1. The van der Waals surface area contributed by atoms with Crippen LogP contribution in [-0.2, 0) is 6.42 Å². The summed E-state index contributed by atoms with van der Waals surface area (Å²) < 4.78 is 0. The number of halogens is 1. The third-order valence-electron chi connectivity index (χ3n) is 3.21. The van der Waals surface area contributed by atoms with Gasteiger partial charge in [0, 0.05) is 5.02 Å². The lowest BCUT2D eigenvalue weighted by Crippen LogP contribution is -2.10. The average molecular weight is 210 g/mol. The summed E-state index contributed by atoms with van der Waals surface area (Å²) in [5, 5.41) is 0.851. The lowest BCUT2D eigenvalue weighted by atomic mass is 9.91. The third-order valence-corrected chi connectivity index (χ3v) is 3.45. The fraction of sp³-hybridized carbons (Fsp3) is 0.500. The van der Waals surface area contributed by atoms with E-state index in [2.05, 4.69) is 19.1 Å². The third kappa shape index (κ3) is 1.67. The second-order valence-electron chi connectivity index (χ2n) is 4.21. The Morgan fingerprint density at radius 1 is 1.50 bits per heavy atom. The molecular formula is C12H16ClN. The fourth-order valence-electron chi connectivity index (χ4n) is 2.53. The predicted molar refractivity (Wildman–Crippen MR) is 60.7 cm³/mol. The van der Waals surface area contributed by atoms with E-state index < -0.39 is 0 Å². The molecule has 2 N–H and O–H groups in total. The van der Waals surface area contributed by atoms with Gasteiger partial charge in [-0.25, -0.2) is 0 Å². The van der Waals surface area contributed by atoms with E-state index in [1.165, 1.54) is 11.1 Å². The van der Waals surface area contributed by atoms with Crippen LogP contribution >= 0.6 is 11.6 Å². The van der Waals surface area contributed by atoms with E-state index in [4.69, 9.17) is 17.3 Å². The van der Waals surface area contributed by atoms with Gasteiger partial charge in [0.25, 0.3) is 0 Å². The summed E-state index contributed by atoms with van der Waals surface area (Å²) in [6.07, 6.45) is 2.25. The molecule has 0 amide bonds. The summed E-state index contributed by atoms with van der Waals surface area (Å²) in [7, 11) is 0. The lowest BCUT2D eigenvalue weighted by Gasteiger charge is -2.15. The number of benzene rings is 1. The second-order valence-corrected chi connectivity index (χ2v) is 4.64. The van der Waals surface area contributed by atoms with Crippen LogP contribution in [0.5, 0.6) is 0 Å². The molecule has 0 fully saturated rings.